The Morgan fingerprint density at radius 2 is 1.90 bits per heavy atom. The maximum absolute atomic E-state index is 11.8. The van der Waals surface area contributed by atoms with Gasteiger partial charge in [-0.2, -0.15) is 0 Å². The maximum atomic E-state index is 11.8. The van der Waals surface area contributed by atoms with Gasteiger partial charge in [-0.1, -0.05) is 43.2 Å². The number of nitriles is 1. The highest BCUT2D eigenvalue weighted by molar-refractivity contribution is 5.94. The standard InChI is InChI=1S/C17H21NO3/c1-20-12-8-3-2-7-11-16(17(19)21-14-18)13-15-9-5-4-6-10-15/h4-6,9-10,13H,2-3,7-8,11-12H2,1H3. The van der Waals surface area contributed by atoms with Gasteiger partial charge in [-0.05, 0) is 30.9 Å². The number of methoxy groups -OCH3 is 1. The summed E-state index contributed by atoms with van der Waals surface area (Å²) in [6.45, 7) is 0.767. The van der Waals surface area contributed by atoms with Crippen LogP contribution in [0, 0.1) is 11.5 Å². The summed E-state index contributed by atoms with van der Waals surface area (Å²) >= 11 is 0. The molecule has 4 heteroatoms. The second-order valence-electron chi connectivity index (χ2n) is 4.72. The van der Waals surface area contributed by atoms with Crippen LogP contribution in [0.25, 0.3) is 6.08 Å². The van der Waals surface area contributed by atoms with Gasteiger partial charge in [-0.25, -0.2) is 4.79 Å². The second-order valence-corrected chi connectivity index (χ2v) is 4.72. The van der Waals surface area contributed by atoms with Crippen LogP contribution in [-0.4, -0.2) is 19.7 Å². The van der Waals surface area contributed by atoms with Crippen molar-refractivity contribution in [3.8, 4) is 6.26 Å². The van der Waals surface area contributed by atoms with E-state index in [1.165, 1.54) is 6.26 Å². The van der Waals surface area contributed by atoms with Gasteiger partial charge in [0.05, 0.1) is 0 Å². The third kappa shape index (κ3) is 7.28. The van der Waals surface area contributed by atoms with Gasteiger partial charge in [0.15, 0.2) is 0 Å². The number of benzene rings is 1. The molecule has 0 N–H and O–H groups in total. The molecule has 4 nitrogen and oxygen atoms in total. The van der Waals surface area contributed by atoms with Crippen molar-refractivity contribution in [2.75, 3.05) is 13.7 Å². The van der Waals surface area contributed by atoms with Gasteiger partial charge in [0.25, 0.3) is 6.26 Å². The third-order valence-electron chi connectivity index (χ3n) is 3.09. The average molecular weight is 287 g/mol. The highest BCUT2D eigenvalue weighted by Gasteiger charge is 2.11. The molecule has 0 heterocycles. The van der Waals surface area contributed by atoms with E-state index in [4.69, 9.17) is 10.00 Å². The predicted molar refractivity (Wildman–Crippen MR) is 81.1 cm³/mol. The van der Waals surface area contributed by atoms with Crippen LogP contribution in [0.4, 0.5) is 0 Å². The van der Waals surface area contributed by atoms with E-state index in [9.17, 15) is 4.79 Å². The molecule has 1 aromatic carbocycles. The van der Waals surface area contributed by atoms with Crippen molar-refractivity contribution in [2.24, 2.45) is 0 Å². The Labute approximate surface area is 126 Å². The molecule has 0 bridgehead atoms. The molecule has 0 aliphatic heterocycles. The van der Waals surface area contributed by atoms with Gasteiger partial charge < -0.3 is 9.47 Å². The summed E-state index contributed by atoms with van der Waals surface area (Å²) in [4.78, 5) is 11.8. The summed E-state index contributed by atoms with van der Waals surface area (Å²) in [7, 11) is 1.69. The molecule has 0 aliphatic carbocycles. The Morgan fingerprint density at radius 1 is 1.19 bits per heavy atom. The van der Waals surface area contributed by atoms with Crippen molar-refractivity contribution in [2.45, 2.75) is 32.1 Å². The molecular weight excluding hydrogens is 266 g/mol. The molecule has 0 saturated heterocycles. The minimum absolute atomic E-state index is 0.537. The van der Waals surface area contributed by atoms with Gasteiger partial charge >= 0.3 is 5.97 Å². The minimum Gasteiger partial charge on any atom is -0.385 e. The summed E-state index contributed by atoms with van der Waals surface area (Å²) in [5, 5.41) is 8.49. The fourth-order valence-corrected chi connectivity index (χ4v) is 2.01. The summed E-state index contributed by atoms with van der Waals surface area (Å²) in [6.07, 6.45) is 7.85. The van der Waals surface area contributed by atoms with Gasteiger partial charge in [-0.15, -0.1) is 5.26 Å². The second kappa shape index (κ2) is 10.6. The molecule has 0 aliphatic rings. The van der Waals surface area contributed by atoms with Gasteiger partial charge in [0.1, 0.15) is 0 Å². The fourth-order valence-electron chi connectivity index (χ4n) is 2.01. The molecule has 21 heavy (non-hydrogen) atoms. The van der Waals surface area contributed by atoms with Crippen LogP contribution >= 0.6 is 0 Å². The van der Waals surface area contributed by atoms with E-state index in [1.807, 2.05) is 30.3 Å². The van der Waals surface area contributed by atoms with Crippen LogP contribution in [-0.2, 0) is 14.3 Å². The lowest BCUT2D eigenvalue weighted by Gasteiger charge is -2.05. The number of hydrogen-bond donors (Lipinski definition) is 0. The average Bonchev–Trinajstić information content (AvgIpc) is 2.50. The van der Waals surface area contributed by atoms with Crippen LogP contribution in [0.5, 0.6) is 0 Å². The van der Waals surface area contributed by atoms with Crippen molar-refractivity contribution in [1.82, 2.24) is 0 Å². The van der Waals surface area contributed by atoms with Gasteiger partial charge in [0, 0.05) is 19.3 Å². The SMILES string of the molecule is COCCCCCCC(=Cc1ccccc1)C(=O)OC#N. The van der Waals surface area contributed by atoms with E-state index in [0.29, 0.717) is 12.0 Å². The Morgan fingerprint density at radius 3 is 2.57 bits per heavy atom. The first kappa shape index (κ1) is 16.9. The lowest BCUT2D eigenvalue weighted by atomic mass is 10.0. The number of carbonyl (C=O) groups is 1. The van der Waals surface area contributed by atoms with E-state index in [0.717, 1.165) is 37.9 Å². The van der Waals surface area contributed by atoms with Crippen LogP contribution in [0.15, 0.2) is 35.9 Å². The monoisotopic (exact) mass is 287 g/mol. The smallest absolute Gasteiger partial charge is 0.349 e. The zero-order chi connectivity index (χ0) is 15.3. The molecule has 1 rings (SSSR count). The Kier molecular flexibility index (Phi) is 8.58. The molecular formula is C17H21NO3. The summed E-state index contributed by atoms with van der Waals surface area (Å²) in [5.74, 6) is -0.557. The van der Waals surface area contributed by atoms with E-state index in [1.54, 1.807) is 13.2 Å². The number of nitrogens with zero attached hydrogens (tertiary/aromatic N) is 1. The predicted octanol–water partition coefficient (Wildman–Crippen LogP) is 3.69. The highest BCUT2D eigenvalue weighted by Crippen LogP contribution is 2.16. The lowest BCUT2D eigenvalue weighted by Crippen LogP contribution is -2.04. The quantitative estimate of drug-likeness (QED) is 0.301. The number of carbonyl (C=O) groups excluding carboxylic acids is 1. The highest BCUT2D eigenvalue weighted by atomic mass is 16.5. The van der Waals surface area contributed by atoms with E-state index in [2.05, 4.69) is 4.74 Å². The largest absolute Gasteiger partial charge is 0.385 e. The summed E-state index contributed by atoms with van der Waals surface area (Å²) in [5.41, 5.74) is 1.47. The normalized spacial score (nSPS) is 11.0. The molecule has 1 aromatic rings. The maximum Gasteiger partial charge on any atom is 0.349 e. The van der Waals surface area contributed by atoms with Gasteiger partial charge in [-0.3, -0.25) is 0 Å². The summed E-state index contributed by atoms with van der Waals surface area (Å²) < 4.78 is 9.45. The number of esters is 1. The number of hydrogen-bond acceptors (Lipinski definition) is 4. The summed E-state index contributed by atoms with van der Waals surface area (Å²) in [6, 6.07) is 9.56. The van der Waals surface area contributed by atoms with Crippen molar-refractivity contribution in [3.05, 3.63) is 41.5 Å². The molecule has 0 radical (unpaired) electrons. The first-order valence-corrected chi connectivity index (χ1v) is 7.12. The molecule has 0 amide bonds. The Hall–Kier alpha value is -2.12. The number of unbranched alkanes of at least 4 members (excludes halogenated alkanes) is 3. The van der Waals surface area contributed by atoms with Crippen LogP contribution < -0.4 is 0 Å². The van der Waals surface area contributed by atoms with Gasteiger partial charge in [0.2, 0.25) is 0 Å². The topological polar surface area (TPSA) is 59.3 Å². The fraction of sp³-hybridized carbons (Fsp3) is 0.412. The Balaban J connectivity index is 2.56. The lowest BCUT2D eigenvalue weighted by molar-refractivity contribution is -0.132. The van der Waals surface area contributed by atoms with E-state index in [-0.39, 0.29) is 0 Å². The molecule has 0 spiro atoms. The minimum atomic E-state index is -0.557. The van der Waals surface area contributed by atoms with Crippen molar-refractivity contribution >= 4 is 12.0 Å². The number of ether oxygens (including phenoxy) is 2. The molecule has 0 fully saturated rings. The Bertz CT molecular complexity index is 489. The van der Waals surface area contributed by atoms with Crippen molar-refractivity contribution in [1.29, 1.82) is 5.26 Å². The van der Waals surface area contributed by atoms with Crippen molar-refractivity contribution < 1.29 is 14.3 Å². The molecule has 0 unspecified atom stereocenters. The molecule has 0 aromatic heterocycles. The van der Waals surface area contributed by atoms with Crippen LogP contribution in [0.2, 0.25) is 0 Å². The van der Waals surface area contributed by atoms with Crippen molar-refractivity contribution in [3.63, 3.8) is 0 Å². The third-order valence-corrected chi connectivity index (χ3v) is 3.09. The van der Waals surface area contributed by atoms with Crippen LogP contribution in [0.3, 0.4) is 0 Å². The number of rotatable bonds is 9. The van der Waals surface area contributed by atoms with E-state index < -0.39 is 5.97 Å². The molecule has 0 atom stereocenters. The molecule has 112 valence electrons. The first-order chi connectivity index (χ1) is 10.3. The van der Waals surface area contributed by atoms with E-state index >= 15 is 0 Å². The zero-order valence-electron chi connectivity index (χ0n) is 12.4. The zero-order valence-corrected chi connectivity index (χ0v) is 12.4. The van der Waals surface area contributed by atoms with Crippen LogP contribution in [0.1, 0.15) is 37.7 Å². The first-order valence-electron chi connectivity index (χ1n) is 7.12. The molecule has 0 saturated carbocycles.